The van der Waals surface area contributed by atoms with Crippen LogP contribution in [-0.4, -0.2) is 22.9 Å². The Bertz CT molecular complexity index is 653. The number of Topliss-reactive ketones (excluding diaryl/α,β-unsaturated/α-hetero) is 1. The first kappa shape index (κ1) is 25.6. The highest BCUT2D eigenvalue weighted by atomic mass is 127. The predicted molar refractivity (Wildman–Crippen MR) is 134 cm³/mol. The molecule has 0 N–H and O–H groups in total. The molecule has 0 aromatic heterocycles. The summed E-state index contributed by atoms with van der Waals surface area (Å²) in [6, 6.07) is 18.7. The minimum Gasteiger partial charge on any atom is -0.383 e. The Balaban J connectivity index is 0.000000298. The lowest BCUT2D eigenvalue weighted by molar-refractivity contribution is 0.105. The fourth-order valence-electron chi connectivity index (χ4n) is 3.05. The Kier molecular flexibility index (Phi) is 12.8. The zero-order chi connectivity index (χ0) is 21.5. The number of carbonyl (C=O) groups excluding carboxylic acids is 1. The van der Waals surface area contributed by atoms with Crippen molar-refractivity contribution in [3.05, 3.63) is 78.4 Å². The molecule has 3 heteroatoms. The fourth-order valence-corrected chi connectivity index (χ4v) is 4.12. The molecule has 2 rings (SSSR count). The summed E-state index contributed by atoms with van der Waals surface area (Å²) in [6.45, 7) is 9.27. The molecule has 0 amide bonds. The number of benzene rings is 2. The van der Waals surface area contributed by atoms with Gasteiger partial charge in [-0.3, -0.25) is 4.79 Å². The number of methoxy groups -OCH3 is 1. The monoisotopic (exact) mass is 506 g/mol. The van der Waals surface area contributed by atoms with Gasteiger partial charge in [-0.15, -0.1) is 0 Å². The van der Waals surface area contributed by atoms with Gasteiger partial charge in [-0.05, 0) is 18.4 Å². The van der Waals surface area contributed by atoms with Gasteiger partial charge in [0.05, 0.1) is 6.61 Å². The summed E-state index contributed by atoms with van der Waals surface area (Å²) >= 11 is 2.60. The van der Waals surface area contributed by atoms with E-state index in [4.69, 9.17) is 4.74 Å². The quantitative estimate of drug-likeness (QED) is 0.135. The van der Waals surface area contributed by atoms with E-state index >= 15 is 0 Å². The zero-order valence-electron chi connectivity index (χ0n) is 18.1. The second-order valence-electron chi connectivity index (χ2n) is 7.33. The number of unbranched alkanes of at least 4 members (excludes halogenated alkanes) is 2. The first-order valence-corrected chi connectivity index (χ1v) is 11.6. The molecule has 0 saturated heterocycles. The first-order valence-electron chi connectivity index (χ1n) is 10.5. The summed E-state index contributed by atoms with van der Waals surface area (Å²) in [5.41, 5.74) is 2.08. The molecule has 0 unspecified atom stereocenters. The van der Waals surface area contributed by atoms with Gasteiger partial charge in [0, 0.05) is 21.7 Å². The lowest BCUT2D eigenvalue weighted by Gasteiger charge is -2.26. The van der Waals surface area contributed by atoms with Crippen molar-refractivity contribution >= 4 is 33.9 Å². The van der Waals surface area contributed by atoms with Gasteiger partial charge in [-0.1, -0.05) is 129 Å². The molecule has 0 aliphatic rings. The van der Waals surface area contributed by atoms with E-state index in [2.05, 4.69) is 43.0 Å². The van der Waals surface area contributed by atoms with Gasteiger partial charge in [0.15, 0.2) is 5.78 Å². The number of hydrogen-bond donors (Lipinski definition) is 0. The maximum Gasteiger partial charge on any atom is 0.193 e. The Labute approximate surface area is 190 Å². The number of halogens is 1. The number of hydrogen-bond acceptors (Lipinski definition) is 2. The molecule has 2 nitrogen and oxygen atoms in total. The van der Waals surface area contributed by atoms with E-state index in [0.717, 1.165) is 12.2 Å². The van der Waals surface area contributed by atoms with E-state index in [1.165, 1.54) is 38.5 Å². The van der Waals surface area contributed by atoms with E-state index in [1.807, 2.05) is 55.6 Å². The topological polar surface area (TPSA) is 26.3 Å². The highest BCUT2D eigenvalue weighted by Gasteiger charge is 2.24. The van der Waals surface area contributed by atoms with Gasteiger partial charge in [-0.25, -0.2) is 0 Å². The van der Waals surface area contributed by atoms with Crippen LogP contribution in [0.1, 0.15) is 68.3 Å². The van der Waals surface area contributed by atoms with Crippen molar-refractivity contribution in [1.82, 2.24) is 0 Å². The lowest BCUT2D eigenvalue weighted by Crippen LogP contribution is -2.26. The van der Waals surface area contributed by atoms with Crippen LogP contribution in [0.4, 0.5) is 0 Å². The van der Waals surface area contributed by atoms with E-state index in [0.29, 0.717) is 14.6 Å². The smallest absolute Gasteiger partial charge is 0.193 e. The normalized spacial score (nSPS) is 10.8. The first-order chi connectivity index (χ1) is 14.0. The standard InChI is InChI=1S/C15H12O.C11H23IO/c1-12(13-8-4-2-5-9-13)15(16)14-10-6-3-7-11-14;1-4-6-8-11(12,10-13-3)9-7-5-2/h2-11H,1H2;4-10H2,1-3H3. The van der Waals surface area contributed by atoms with Crippen LogP contribution in [0.2, 0.25) is 0 Å². The molecule has 0 saturated carbocycles. The molecule has 0 spiro atoms. The van der Waals surface area contributed by atoms with Crippen LogP contribution < -0.4 is 0 Å². The van der Waals surface area contributed by atoms with E-state index < -0.39 is 0 Å². The van der Waals surface area contributed by atoms with Crippen molar-refractivity contribution < 1.29 is 9.53 Å². The molecular weight excluding hydrogens is 471 g/mol. The van der Waals surface area contributed by atoms with Crippen molar-refractivity contribution in [1.29, 1.82) is 0 Å². The Hall–Kier alpha value is -1.46. The third kappa shape index (κ3) is 9.72. The minimum atomic E-state index is -0.0215. The van der Waals surface area contributed by atoms with Gasteiger partial charge >= 0.3 is 0 Å². The molecule has 158 valence electrons. The molecule has 0 bridgehead atoms. The minimum absolute atomic E-state index is 0.0215. The van der Waals surface area contributed by atoms with E-state index in [1.54, 1.807) is 12.1 Å². The van der Waals surface area contributed by atoms with Crippen molar-refractivity contribution in [3.8, 4) is 0 Å². The van der Waals surface area contributed by atoms with Crippen molar-refractivity contribution in [2.24, 2.45) is 0 Å². The molecule has 0 radical (unpaired) electrons. The average Bonchev–Trinajstić information content (AvgIpc) is 2.77. The number of alkyl halides is 1. The van der Waals surface area contributed by atoms with E-state index in [9.17, 15) is 4.79 Å². The number of allylic oxidation sites excluding steroid dienone is 1. The van der Waals surface area contributed by atoms with Crippen LogP contribution >= 0.6 is 22.6 Å². The van der Waals surface area contributed by atoms with Crippen LogP contribution in [0, 0.1) is 0 Å². The van der Waals surface area contributed by atoms with Gasteiger partial charge in [0.2, 0.25) is 0 Å². The van der Waals surface area contributed by atoms with Gasteiger partial charge in [-0.2, -0.15) is 0 Å². The Morgan fingerprint density at radius 1 is 0.897 bits per heavy atom. The summed E-state index contributed by atoms with van der Waals surface area (Å²) in [4.78, 5) is 12.0. The average molecular weight is 506 g/mol. The van der Waals surface area contributed by atoms with Crippen LogP contribution in [0.15, 0.2) is 67.2 Å². The Morgan fingerprint density at radius 2 is 1.34 bits per heavy atom. The van der Waals surface area contributed by atoms with Gasteiger partial charge < -0.3 is 4.74 Å². The van der Waals surface area contributed by atoms with Gasteiger partial charge in [0.25, 0.3) is 0 Å². The SMILES string of the molecule is C=C(C(=O)c1ccccc1)c1ccccc1.CCCCC(I)(CCCC)COC. The second kappa shape index (κ2) is 14.5. The Morgan fingerprint density at radius 3 is 1.76 bits per heavy atom. The van der Waals surface area contributed by atoms with E-state index in [-0.39, 0.29) is 5.78 Å². The molecule has 2 aromatic carbocycles. The molecular formula is C26H35IO2. The maximum atomic E-state index is 12.0. The van der Waals surface area contributed by atoms with Crippen molar-refractivity contribution in [2.45, 2.75) is 55.8 Å². The molecule has 0 heterocycles. The number of ketones is 1. The maximum absolute atomic E-state index is 12.0. The zero-order valence-corrected chi connectivity index (χ0v) is 20.3. The molecule has 2 aromatic rings. The third-order valence-corrected chi connectivity index (χ3v) is 6.18. The summed E-state index contributed by atoms with van der Waals surface area (Å²) < 4.78 is 5.69. The van der Waals surface area contributed by atoms with Crippen LogP contribution in [0.25, 0.3) is 5.57 Å². The molecule has 29 heavy (non-hydrogen) atoms. The summed E-state index contributed by atoms with van der Waals surface area (Å²) in [5.74, 6) is -0.0215. The van der Waals surface area contributed by atoms with Crippen molar-refractivity contribution in [3.63, 3.8) is 0 Å². The highest BCUT2D eigenvalue weighted by molar-refractivity contribution is 14.1. The van der Waals surface area contributed by atoms with Crippen molar-refractivity contribution in [2.75, 3.05) is 13.7 Å². The summed E-state index contributed by atoms with van der Waals surface area (Å²) in [5, 5.41) is 0. The number of rotatable bonds is 11. The summed E-state index contributed by atoms with van der Waals surface area (Å²) in [6.07, 6.45) is 7.85. The predicted octanol–water partition coefficient (Wildman–Crippen LogP) is 7.77. The lowest BCUT2D eigenvalue weighted by atomic mass is 9.97. The molecule has 0 fully saturated rings. The third-order valence-electron chi connectivity index (χ3n) is 4.79. The molecule has 0 aliphatic carbocycles. The second-order valence-corrected chi connectivity index (χ2v) is 9.62. The molecule has 0 aliphatic heterocycles. The highest BCUT2D eigenvalue weighted by Crippen LogP contribution is 2.31. The fraction of sp³-hybridized carbons (Fsp3) is 0.423. The summed E-state index contributed by atoms with van der Waals surface area (Å²) in [7, 11) is 1.81. The van der Waals surface area contributed by atoms with Crippen LogP contribution in [-0.2, 0) is 4.74 Å². The number of carbonyl (C=O) groups is 1. The number of ether oxygens (including phenoxy) is 1. The largest absolute Gasteiger partial charge is 0.383 e. The van der Waals surface area contributed by atoms with Crippen LogP contribution in [0.5, 0.6) is 0 Å². The molecule has 0 atom stereocenters. The van der Waals surface area contributed by atoms with Crippen LogP contribution in [0.3, 0.4) is 0 Å². The van der Waals surface area contributed by atoms with Gasteiger partial charge in [0.1, 0.15) is 0 Å².